The summed E-state index contributed by atoms with van der Waals surface area (Å²) in [5.41, 5.74) is 0.386. The lowest BCUT2D eigenvalue weighted by atomic mass is 10.00. The number of nitrogens with one attached hydrogen (secondary N) is 2. The van der Waals surface area contributed by atoms with E-state index in [-0.39, 0.29) is 24.1 Å². The van der Waals surface area contributed by atoms with Crippen molar-refractivity contribution >= 4 is 40.9 Å². The lowest BCUT2D eigenvalue weighted by Crippen LogP contribution is -2.38. The van der Waals surface area contributed by atoms with Crippen molar-refractivity contribution in [1.82, 2.24) is 10.6 Å². The van der Waals surface area contributed by atoms with Crippen LogP contribution < -0.4 is 10.6 Å². The van der Waals surface area contributed by atoms with Crippen LogP contribution in [-0.2, 0) is 0 Å². The van der Waals surface area contributed by atoms with Crippen LogP contribution >= 0.6 is 35.0 Å². The summed E-state index contributed by atoms with van der Waals surface area (Å²) in [5, 5.41) is 6.17. The number of amides is 1. The van der Waals surface area contributed by atoms with E-state index >= 15 is 0 Å². The number of carbonyl (C=O) groups is 1. The second-order valence-electron chi connectivity index (χ2n) is 4.55. The number of hydrogen-bond acceptors (Lipinski definition) is 2. The van der Waals surface area contributed by atoms with Gasteiger partial charge in [0.15, 0.2) is 0 Å². The average Bonchev–Trinajstić information content (AvgIpc) is 2.40. The number of piperidine rings is 1. The molecule has 1 aromatic carbocycles. The minimum atomic E-state index is -0.345. The van der Waals surface area contributed by atoms with Crippen molar-refractivity contribution in [2.75, 3.05) is 19.6 Å². The summed E-state index contributed by atoms with van der Waals surface area (Å²) in [6.07, 6.45) is 2.28. The van der Waals surface area contributed by atoms with Gasteiger partial charge in [-0.25, -0.2) is 4.39 Å². The van der Waals surface area contributed by atoms with Gasteiger partial charge in [0.2, 0.25) is 0 Å². The van der Waals surface area contributed by atoms with Crippen LogP contribution in [0.2, 0.25) is 0 Å². The van der Waals surface area contributed by atoms with E-state index in [0.29, 0.717) is 21.6 Å². The maximum absolute atomic E-state index is 13.3. The fraction of sp³-hybridized carbons (Fsp3) is 0.462. The Hall–Kier alpha value is -0.400. The van der Waals surface area contributed by atoms with Crippen LogP contribution in [0.4, 0.5) is 4.39 Å². The van der Waals surface area contributed by atoms with Gasteiger partial charge in [-0.15, -0.1) is 12.4 Å². The third kappa shape index (κ3) is 4.89. The molecule has 1 fully saturated rings. The molecule has 1 unspecified atom stereocenters. The zero-order chi connectivity index (χ0) is 13.0. The first-order valence-corrected chi connectivity index (χ1v) is 7.18. The molecule has 1 amide bonds. The Morgan fingerprint density at radius 2 is 2.32 bits per heavy atom. The first-order valence-electron chi connectivity index (χ1n) is 6.11. The molecule has 2 N–H and O–H groups in total. The fourth-order valence-corrected chi connectivity index (χ4v) is 2.41. The molecule has 6 heteroatoms. The van der Waals surface area contributed by atoms with Gasteiger partial charge in [-0.05, 0) is 72.6 Å². The molecule has 1 saturated heterocycles. The molecule has 1 aliphatic heterocycles. The molecule has 3 nitrogen and oxygen atoms in total. The van der Waals surface area contributed by atoms with E-state index in [4.69, 9.17) is 0 Å². The van der Waals surface area contributed by atoms with Crippen LogP contribution in [0.25, 0.3) is 0 Å². The molecule has 0 saturated carbocycles. The predicted molar refractivity (Wildman–Crippen MR) is 84.3 cm³/mol. The standard InChI is InChI=1S/C13H16FIN2O.ClH/c14-11-6-10(3-4-12(11)15)13(18)17-8-9-2-1-5-16-7-9;/h3-4,6,9,16H,1-2,5,7-8H2,(H,17,18);1H. The average molecular weight is 399 g/mol. The van der Waals surface area contributed by atoms with Crippen LogP contribution in [0.1, 0.15) is 23.2 Å². The molecular formula is C13H17ClFIN2O. The number of rotatable bonds is 3. The SMILES string of the molecule is Cl.O=C(NCC1CCCNC1)c1ccc(I)c(F)c1. The highest BCUT2D eigenvalue weighted by atomic mass is 127. The van der Waals surface area contributed by atoms with Crippen LogP contribution in [-0.4, -0.2) is 25.5 Å². The maximum Gasteiger partial charge on any atom is 0.251 e. The van der Waals surface area contributed by atoms with Crippen molar-refractivity contribution in [1.29, 1.82) is 0 Å². The normalized spacial score (nSPS) is 18.5. The number of halogens is 3. The number of carbonyl (C=O) groups excluding carboxylic acids is 1. The molecule has 1 heterocycles. The zero-order valence-corrected chi connectivity index (χ0v) is 13.4. The minimum Gasteiger partial charge on any atom is -0.352 e. The summed E-state index contributed by atoms with van der Waals surface area (Å²) in [6.45, 7) is 2.66. The molecule has 0 radical (unpaired) electrons. The quantitative estimate of drug-likeness (QED) is 0.769. The van der Waals surface area contributed by atoms with Crippen molar-refractivity contribution < 1.29 is 9.18 Å². The van der Waals surface area contributed by atoms with Gasteiger partial charge in [-0.2, -0.15) is 0 Å². The molecule has 0 aromatic heterocycles. The highest BCUT2D eigenvalue weighted by Gasteiger charge is 2.15. The molecule has 19 heavy (non-hydrogen) atoms. The smallest absolute Gasteiger partial charge is 0.251 e. The van der Waals surface area contributed by atoms with Crippen molar-refractivity contribution in [2.24, 2.45) is 5.92 Å². The molecule has 1 atom stereocenters. The van der Waals surface area contributed by atoms with Crippen molar-refractivity contribution in [3.8, 4) is 0 Å². The van der Waals surface area contributed by atoms with Gasteiger partial charge >= 0.3 is 0 Å². The van der Waals surface area contributed by atoms with E-state index in [1.807, 2.05) is 22.6 Å². The molecule has 1 aromatic rings. The fourth-order valence-electron chi connectivity index (χ4n) is 2.07. The van der Waals surface area contributed by atoms with E-state index in [1.54, 1.807) is 12.1 Å². The van der Waals surface area contributed by atoms with Gasteiger partial charge in [0.05, 0.1) is 0 Å². The van der Waals surface area contributed by atoms with Gasteiger partial charge in [-0.3, -0.25) is 4.79 Å². The first kappa shape index (κ1) is 16.7. The van der Waals surface area contributed by atoms with Crippen LogP contribution in [0, 0.1) is 15.3 Å². The summed E-state index contributed by atoms with van der Waals surface area (Å²) in [7, 11) is 0. The van der Waals surface area contributed by atoms with Gasteiger partial charge < -0.3 is 10.6 Å². The Labute approximate surface area is 132 Å². The zero-order valence-electron chi connectivity index (χ0n) is 10.4. The predicted octanol–water partition coefficient (Wildman–Crippen LogP) is 2.58. The second kappa shape index (κ2) is 8.01. The number of hydrogen-bond donors (Lipinski definition) is 2. The Morgan fingerprint density at radius 1 is 1.53 bits per heavy atom. The van der Waals surface area contributed by atoms with E-state index in [1.165, 1.54) is 6.07 Å². The van der Waals surface area contributed by atoms with E-state index < -0.39 is 0 Å². The van der Waals surface area contributed by atoms with Gasteiger partial charge in [0.25, 0.3) is 5.91 Å². The molecule has 0 bridgehead atoms. The molecule has 1 aliphatic rings. The topological polar surface area (TPSA) is 41.1 Å². The molecular weight excluding hydrogens is 382 g/mol. The van der Waals surface area contributed by atoms with E-state index in [9.17, 15) is 9.18 Å². The molecule has 0 aliphatic carbocycles. The van der Waals surface area contributed by atoms with Gasteiger partial charge in [0.1, 0.15) is 5.82 Å². The second-order valence-corrected chi connectivity index (χ2v) is 5.71. The Balaban J connectivity index is 0.00000180. The summed E-state index contributed by atoms with van der Waals surface area (Å²) >= 11 is 1.91. The summed E-state index contributed by atoms with van der Waals surface area (Å²) in [4.78, 5) is 11.9. The molecule has 0 spiro atoms. The van der Waals surface area contributed by atoms with Crippen LogP contribution in [0.15, 0.2) is 18.2 Å². The van der Waals surface area contributed by atoms with Crippen LogP contribution in [0.5, 0.6) is 0 Å². The van der Waals surface area contributed by atoms with Gasteiger partial charge in [0, 0.05) is 15.7 Å². The Morgan fingerprint density at radius 3 is 2.95 bits per heavy atom. The highest BCUT2D eigenvalue weighted by molar-refractivity contribution is 14.1. The van der Waals surface area contributed by atoms with E-state index in [2.05, 4.69) is 10.6 Å². The Bertz CT molecular complexity index is 439. The summed E-state index contributed by atoms with van der Waals surface area (Å²) in [6, 6.07) is 4.56. The van der Waals surface area contributed by atoms with Crippen molar-refractivity contribution in [2.45, 2.75) is 12.8 Å². The Kier molecular flexibility index (Phi) is 7.02. The molecule has 2 rings (SSSR count). The molecule has 106 valence electrons. The highest BCUT2D eigenvalue weighted by Crippen LogP contribution is 2.13. The lowest BCUT2D eigenvalue weighted by Gasteiger charge is -2.22. The van der Waals surface area contributed by atoms with Crippen molar-refractivity contribution in [3.05, 3.63) is 33.1 Å². The minimum absolute atomic E-state index is 0. The van der Waals surface area contributed by atoms with E-state index in [0.717, 1.165) is 25.9 Å². The third-order valence-electron chi connectivity index (χ3n) is 3.13. The first-order chi connectivity index (χ1) is 8.66. The monoisotopic (exact) mass is 398 g/mol. The largest absolute Gasteiger partial charge is 0.352 e. The lowest BCUT2D eigenvalue weighted by molar-refractivity contribution is 0.0944. The third-order valence-corrected chi connectivity index (χ3v) is 4.01. The maximum atomic E-state index is 13.3. The number of benzene rings is 1. The van der Waals surface area contributed by atoms with Gasteiger partial charge in [-0.1, -0.05) is 0 Å². The summed E-state index contributed by atoms with van der Waals surface area (Å²) in [5.74, 6) is -0.0603. The summed E-state index contributed by atoms with van der Waals surface area (Å²) < 4.78 is 13.9. The van der Waals surface area contributed by atoms with Crippen molar-refractivity contribution in [3.63, 3.8) is 0 Å². The van der Waals surface area contributed by atoms with Crippen LogP contribution in [0.3, 0.4) is 0 Å².